The van der Waals surface area contributed by atoms with Crippen molar-refractivity contribution in [2.75, 3.05) is 7.11 Å². The number of aromatic hydroxyl groups is 1. The summed E-state index contributed by atoms with van der Waals surface area (Å²) in [5.74, 6) is 1.36. The van der Waals surface area contributed by atoms with Crippen LogP contribution in [0.15, 0.2) is 42.6 Å². The Kier molecular flexibility index (Phi) is 2.37. The number of phenolic OH excluding ortho intramolecular Hbond substituents is 1. The molecule has 0 atom stereocenters. The van der Waals surface area contributed by atoms with Crippen molar-refractivity contribution in [2.45, 2.75) is 0 Å². The molecule has 1 aromatic carbocycles. The van der Waals surface area contributed by atoms with Crippen molar-refractivity contribution in [3.8, 4) is 22.9 Å². The van der Waals surface area contributed by atoms with E-state index >= 15 is 0 Å². The number of ether oxygens (including phenoxy) is 1. The Balaban J connectivity index is 2.17. The van der Waals surface area contributed by atoms with Crippen LogP contribution in [0.3, 0.4) is 0 Å². The number of hydrogen-bond acceptors (Lipinski definition) is 4. The highest BCUT2D eigenvalue weighted by Gasteiger charge is 2.10. The summed E-state index contributed by atoms with van der Waals surface area (Å²) in [7, 11) is 1.60. The molecule has 1 N–H and O–H groups in total. The number of rotatable bonds is 2. The number of phenols is 1. The highest BCUT2D eigenvalue weighted by atomic mass is 16.5. The first-order chi connectivity index (χ1) is 8.78. The summed E-state index contributed by atoms with van der Waals surface area (Å²) in [6, 6.07) is 10.6. The van der Waals surface area contributed by atoms with E-state index in [9.17, 15) is 5.11 Å². The molecule has 0 saturated carbocycles. The van der Waals surface area contributed by atoms with Gasteiger partial charge < -0.3 is 9.84 Å². The Bertz CT molecular complexity index is 706. The van der Waals surface area contributed by atoms with Gasteiger partial charge >= 0.3 is 0 Å². The van der Waals surface area contributed by atoms with Crippen molar-refractivity contribution in [1.29, 1.82) is 0 Å². The zero-order chi connectivity index (χ0) is 12.5. The molecule has 3 rings (SSSR count). The first kappa shape index (κ1) is 10.6. The summed E-state index contributed by atoms with van der Waals surface area (Å²) in [5, 5.41) is 14.1. The third-order valence-electron chi connectivity index (χ3n) is 2.68. The van der Waals surface area contributed by atoms with Crippen molar-refractivity contribution in [2.24, 2.45) is 0 Å². The second-order valence-electron chi connectivity index (χ2n) is 3.82. The Morgan fingerprint density at radius 3 is 2.78 bits per heavy atom. The topological polar surface area (TPSA) is 59.7 Å². The number of methoxy groups -OCH3 is 1. The normalized spacial score (nSPS) is 10.7. The fourth-order valence-corrected chi connectivity index (χ4v) is 1.76. The minimum Gasteiger partial charge on any atom is -0.507 e. The minimum absolute atomic E-state index is 0.167. The molecule has 3 aromatic rings. The predicted octanol–water partition coefficient (Wildman–Crippen LogP) is 2.11. The quantitative estimate of drug-likeness (QED) is 0.746. The second-order valence-corrected chi connectivity index (χ2v) is 3.82. The van der Waals surface area contributed by atoms with Crippen LogP contribution >= 0.6 is 0 Å². The lowest BCUT2D eigenvalue weighted by Crippen LogP contribution is -1.90. The van der Waals surface area contributed by atoms with Crippen LogP contribution in [0.5, 0.6) is 11.5 Å². The molecule has 90 valence electrons. The van der Waals surface area contributed by atoms with Gasteiger partial charge in [-0.15, -0.1) is 5.10 Å². The van der Waals surface area contributed by atoms with Gasteiger partial charge in [-0.25, -0.2) is 9.50 Å². The molecular formula is C13H11N3O2. The van der Waals surface area contributed by atoms with Gasteiger partial charge in [-0.1, -0.05) is 12.1 Å². The monoisotopic (exact) mass is 241 g/mol. The van der Waals surface area contributed by atoms with Gasteiger partial charge in [0.2, 0.25) is 0 Å². The molecule has 5 nitrogen and oxygen atoms in total. The van der Waals surface area contributed by atoms with Crippen molar-refractivity contribution in [3.63, 3.8) is 0 Å². The third-order valence-corrected chi connectivity index (χ3v) is 2.68. The van der Waals surface area contributed by atoms with Crippen molar-refractivity contribution in [3.05, 3.63) is 42.6 Å². The molecule has 0 amide bonds. The van der Waals surface area contributed by atoms with Gasteiger partial charge in [0.05, 0.1) is 18.9 Å². The summed E-state index contributed by atoms with van der Waals surface area (Å²) >= 11 is 0. The van der Waals surface area contributed by atoms with E-state index in [2.05, 4.69) is 10.1 Å². The molecule has 0 bridgehead atoms. The van der Waals surface area contributed by atoms with Gasteiger partial charge in [0, 0.05) is 0 Å². The zero-order valence-corrected chi connectivity index (χ0v) is 9.74. The molecule has 0 aliphatic rings. The molecule has 0 radical (unpaired) electrons. The third kappa shape index (κ3) is 1.66. The molecule has 2 aromatic heterocycles. The second kappa shape index (κ2) is 4.03. The van der Waals surface area contributed by atoms with E-state index in [1.165, 1.54) is 0 Å². The number of fused-ring (bicyclic) bond motifs is 1. The van der Waals surface area contributed by atoms with Crippen molar-refractivity contribution in [1.82, 2.24) is 14.6 Å². The number of para-hydroxylation sites is 1. The van der Waals surface area contributed by atoms with E-state index in [0.29, 0.717) is 22.8 Å². The maximum absolute atomic E-state index is 9.78. The summed E-state index contributed by atoms with van der Waals surface area (Å²) in [5.41, 5.74) is 1.31. The van der Waals surface area contributed by atoms with Gasteiger partial charge in [0.1, 0.15) is 11.5 Å². The van der Waals surface area contributed by atoms with Crippen LogP contribution in [0.2, 0.25) is 0 Å². The molecule has 5 heteroatoms. The van der Waals surface area contributed by atoms with E-state index < -0.39 is 0 Å². The largest absolute Gasteiger partial charge is 0.507 e. The van der Waals surface area contributed by atoms with Gasteiger partial charge in [-0.05, 0) is 24.3 Å². The molecule has 0 aliphatic carbocycles. The smallest absolute Gasteiger partial charge is 0.185 e. The molecule has 0 aliphatic heterocycles. The summed E-state index contributed by atoms with van der Waals surface area (Å²) < 4.78 is 6.75. The molecule has 0 spiro atoms. The maximum Gasteiger partial charge on any atom is 0.185 e. The van der Waals surface area contributed by atoms with Gasteiger partial charge in [-0.2, -0.15) is 0 Å². The first-order valence-corrected chi connectivity index (χ1v) is 5.47. The molecular weight excluding hydrogens is 230 g/mol. The highest BCUT2D eigenvalue weighted by molar-refractivity contribution is 5.65. The molecule has 0 unspecified atom stereocenters. The number of nitrogens with zero attached hydrogens (tertiary/aromatic N) is 3. The SMILES string of the molecule is COc1ccc2nc(-c3ccccc3O)nn2c1. The average Bonchev–Trinajstić information content (AvgIpc) is 2.81. The Labute approximate surface area is 103 Å². The van der Waals surface area contributed by atoms with E-state index in [1.54, 1.807) is 36.0 Å². The lowest BCUT2D eigenvalue weighted by atomic mass is 10.2. The van der Waals surface area contributed by atoms with E-state index in [-0.39, 0.29) is 5.75 Å². The average molecular weight is 241 g/mol. The fraction of sp³-hybridized carbons (Fsp3) is 0.0769. The number of aromatic nitrogens is 3. The summed E-state index contributed by atoms with van der Waals surface area (Å²) in [6.07, 6.45) is 1.74. The fourth-order valence-electron chi connectivity index (χ4n) is 1.76. The Morgan fingerprint density at radius 2 is 2.00 bits per heavy atom. The molecule has 0 fully saturated rings. The Hall–Kier alpha value is -2.56. The van der Waals surface area contributed by atoms with Crippen molar-refractivity contribution >= 4 is 5.65 Å². The van der Waals surface area contributed by atoms with Crippen LogP contribution in [0, 0.1) is 0 Å². The summed E-state index contributed by atoms with van der Waals surface area (Å²) in [6.45, 7) is 0. The summed E-state index contributed by atoms with van der Waals surface area (Å²) in [4.78, 5) is 4.36. The van der Waals surface area contributed by atoms with Crippen LogP contribution in [0.1, 0.15) is 0 Å². The molecule has 18 heavy (non-hydrogen) atoms. The van der Waals surface area contributed by atoms with Crippen LogP contribution in [-0.4, -0.2) is 26.8 Å². The number of benzene rings is 1. The Morgan fingerprint density at radius 1 is 1.17 bits per heavy atom. The number of hydrogen-bond donors (Lipinski definition) is 1. The van der Waals surface area contributed by atoms with Crippen LogP contribution in [0.4, 0.5) is 0 Å². The van der Waals surface area contributed by atoms with E-state index in [4.69, 9.17) is 4.74 Å². The lowest BCUT2D eigenvalue weighted by molar-refractivity contribution is 0.411. The highest BCUT2D eigenvalue weighted by Crippen LogP contribution is 2.26. The van der Waals surface area contributed by atoms with Gasteiger partial charge in [0.25, 0.3) is 0 Å². The minimum atomic E-state index is 0.167. The van der Waals surface area contributed by atoms with E-state index in [0.717, 1.165) is 0 Å². The van der Waals surface area contributed by atoms with Crippen molar-refractivity contribution < 1.29 is 9.84 Å². The molecule has 0 saturated heterocycles. The molecule has 2 heterocycles. The number of pyridine rings is 1. The van der Waals surface area contributed by atoms with Crippen LogP contribution < -0.4 is 4.74 Å². The van der Waals surface area contributed by atoms with Gasteiger partial charge in [0.15, 0.2) is 11.5 Å². The van der Waals surface area contributed by atoms with Gasteiger partial charge in [-0.3, -0.25) is 0 Å². The zero-order valence-electron chi connectivity index (χ0n) is 9.74. The standard InChI is InChI=1S/C13H11N3O2/c1-18-9-6-7-12-14-13(15-16(12)8-9)10-4-2-3-5-11(10)17/h2-8,17H,1H3. The lowest BCUT2D eigenvalue weighted by Gasteiger charge is -1.98. The predicted molar refractivity (Wildman–Crippen MR) is 66.6 cm³/mol. The first-order valence-electron chi connectivity index (χ1n) is 5.47. The maximum atomic E-state index is 9.78. The van der Waals surface area contributed by atoms with Crippen LogP contribution in [0.25, 0.3) is 17.0 Å². The van der Waals surface area contributed by atoms with E-state index in [1.807, 2.05) is 18.2 Å². The van der Waals surface area contributed by atoms with Crippen LogP contribution in [-0.2, 0) is 0 Å².